The molecule has 1 fully saturated rings. The van der Waals surface area contributed by atoms with Crippen LogP contribution in [0.4, 0.5) is 5.95 Å². The number of ether oxygens (including phenoxy) is 2. The number of aromatic nitrogens is 3. The fourth-order valence-electron chi connectivity index (χ4n) is 1.38. The van der Waals surface area contributed by atoms with E-state index in [9.17, 15) is 0 Å². The Morgan fingerprint density at radius 1 is 1.50 bits per heavy atom. The van der Waals surface area contributed by atoms with Gasteiger partial charge in [0.15, 0.2) is 0 Å². The lowest BCUT2D eigenvalue weighted by Gasteiger charge is -2.10. The van der Waals surface area contributed by atoms with Gasteiger partial charge in [-0.2, -0.15) is 15.0 Å². The van der Waals surface area contributed by atoms with Crippen LogP contribution in [-0.2, 0) is 4.74 Å². The molecule has 1 unspecified atom stereocenters. The molecule has 0 amide bonds. The van der Waals surface area contributed by atoms with Crippen LogP contribution in [0.5, 0.6) is 6.01 Å². The molecule has 88 valence electrons. The lowest BCUT2D eigenvalue weighted by atomic mass is 10.3. The minimum atomic E-state index is 0.00735. The fraction of sp³-hybridized carbons (Fsp3) is 0.667. The van der Waals surface area contributed by atoms with Crippen LogP contribution in [0.15, 0.2) is 0 Å². The topological polar surface area (TPSA) is 69.2 Å². The molecule has 1 saturated heterocycles. The summed E-state index contributed by atoms with van der Waals surface area (Å²) in [6.45, 7) is 3.94. The number of nitrogens with one attached hydrogen (secondary N) is 1. The van der Waals surface area contributed by atoms with E-state index < -0.39 is 0 Å². The van der Waals surface area contributed by atoms with E-state index in [2.05, 4.69) is 20.3 Å². The van der Waals surface area contributed by atoms with Crippen LogP contribution in [0.25, 0.3) is 0 Å². The molecule has 2 rings (SSSR count). The van der Waals surface area contributed by atoms with E-state index >= 15 is 0 Å². The Bertz CT molecular complexity index is 357. The van der Waals surface area contributed by atoms with Gasteiger partial charge in [0.2, 0.25) is 11.2 Å². The van der Waals surface area contributed by atoms with Gasteiger partial charge in [-0.15, -0.1) is 0 Å². The van der Waals surface area contributed by atoms with E-state index in [1.165, 1.54) is 0 Å². The summed E-state index contributed by atoms with van der Waals surface area (Å²) in [7, 11) is 0. The predicted molar refractivity (Wildman–Crippen MR) is 58.9 cm³/mol. The van der Waals surface area contributed by atoms with Crippen LogP contribution < -0.4 is 10.1 Å². The highest BCUT2D eigenvalue weighted by atomic mass is 35.5. The highest BCUT2D eigenvalue weighted by Gasteiger charge is 2.19. The van der Waals surface area contributed by atoms with Gasteiger partial charge in [-0.25, -0.2) is 0 Å². The molecule has 0 aliphatic carbocycles. The van der Waals surface area contributed by atoms with Gasteiger partial charge in [0.25, 0.3) is 0 Å². The summed E-state index contributed by atoms with van der Waals surface area (Å²) < 4.78 is 10.7. The standard InChI is InChI=1S/C9H13ClN4O2/c1-2-11-8-12-7(10)13-9(14-8)16-6-3-4-15-5-6/h6H,2-5H2,1H3,(H,11,12,13,14). The molecular formula is C9H13ClN4O2. The number of anilines is 1. The summed E-state index contributed by atoms with van der Waals surface area (Å²) in [6, 6.07) is 0.242. The first kappa shape index (κ1) is 11.3. The highest BCUT2D eigenvalue weighted by molar-refractivity contribution is 6.28. The summed E-state index contributed by atoms with van der Waals surface area (Å²) in [6.07, 6.45) is 0.854. The van der Waals surface area contributed by atoms with Crippen LogP contribution >= 0.6 is 11.6 Å². The predicted octanol–water partition coefficient (Wildman–Crippen LogP) is 1.12. The van der Waals surface area contributed by atoms with Crippen molar-refractivity contribution in [3.63, 3.8) is 0 Å². The van der Waals surface area contributed by atoms with Crippen LogP contribution in [-0.4, -0.2) is 40.8 Å². The molecule has 1 N–H and O–H groups in total. The Labute approximate surface area is 98.4 Å². The Morgan fingerprint density at radius 3 is 3.06 bits per heavy atom. The molecule has 1 atom stereocenters. The van der Waals surface area contributed by atoms with Crippen molar-refractivity contribution in [1.29, 1.82) is 0 Å². The summed E-state index contributed by atoms with van der Waals surface area (Å²) >= 11 is 5.76. The molecule has 0 saturated carbocycles. The molecule has 0 bridgehead atoms. The first-order valence-corrected chi connectivity index (χ1v) is 5.55. The third-order valence-corrected chi connectivity index (χ3v) is 2.25. The van der Waals surface area contributed by atoms with Crippen LogP contribution in [0.3, 0.4) is 0 Å². The van der Waals surface area contributed by atoms with Crippen molar-refractivity contribution in [2.45, 2.75) is 19.4 Å². The van der Waals surface area contributed by atoms with E-state index in [1.54, 1.807) is 0 Å². The molecule has 0 spiro atoms. The Balaban J connectivity index is 2.06. The normalized spacial score (nSPS) is 19.8. The zero-order valence-corrected chi connectivity index (χ0v) is 9.70. The van der Waals surface area contributed by atoms with Crippen molar-refractivity contribution in [3.8, 4) is 6.01 Å². The third kappa shape index (κ3) is 2.93. The molecule has 1 aliphatic heterocycles. The fourth-order valence-corrected chi connectivity index (χ4v) is 1.53. The summed E-state index contributed by atoms with van der Waals surface area (Å²) in [5.74, 6) is 0.427. The van der Waals surface area contributed by atoms with Crippen LogP contribution in [0.2, 0.25) is 5.28 Å². The van der Waals surface area contributed by atoms with E-state index in [0.717, 1.165) is 6.42 Å². The van der Waals surface area contributed by atoms with Gasteiger partial charge in [0, 0.05) is 13.0 Å². The van der Waals surface area contributed by atoms with Gasteiger partial charge < -0.3 is 14.8 Å². The quantitative estimate of drug-likeness (QED) is 0.856. The SMILES string of the molecule is CCNc1nc(Cl)nc(OC2CCOC2)n1. The van der Waals surface area contributed by atoms with Crippen molar-refractivity contribution in [2.75, 3.05) is 25.1 Å². The maximum absolute atomic E-state index is 5.76. The van der Waals surface area contributed by atoms with E-state index in [-0.39, 0.29) is 17.4 Å². The van der Waals surface area contributed by atoms with Gasteiger partial charge in [-0.3, -0.25) is 0 Å². The van der Waals surface area contributed by atoms with Gasteiger partial charge in [0.05, 0.1) is 13.2 Å². The Morgan fingerprint density at radius 2 is 2.38 bits per heavy atom. The lowest BCUT2D eigenvalue weighted by molar-refractivity contribution is 0.134. The van der Waals surface area contributed by atoms with E-state index in [1.807, 2.05) is 6.92 Å². The number of halogens is 1. The summed E-state index contributed by atoms with van der Waals surface area (Å²) in [4.78, 5) is 11.9. The largest absolute Gasteiger partial charge is 0.457 e. The van der Waals surface area contributed by atoms with Gasteiger partial charge in [-0.05, 0) is 18.5 Å². The van der Waals surface area contributed by atoms with E-state index in [4.69, 9.17) is 21.1 Å². The zero-order valence-electron chi connectivity index (χ0n) is 8.94. The minimum Gasteiger partial charge on any atom is -0.457 e. The molecule has 1 aliphatic rings. The average molecular weight is 245 g/mol. The Kier molecular flexibility index (Phi) is 3.74. The number of nitrogens with zero attached hydrogens (tertiary/aromatic N) is 3. The molecule has 1 aromatic rings. The molecule has 1 aromatic heterocycles. The number of rotatable bonds is 4. The first-order valence-electron chi connectivity index (χ1n) is 5.17. The van der Waals surface area contributed by atoms with Crippen LogP contribution in [0, 0.1) is 0 Å². The molecule has 0 aromatic carbocycles. The van der Waals surface area contributed by atoms with Crippen molar-refractivity contribution in [3.05, 3.63) is 5.28 Å². The van der Waals surface area contributed by atoms with Crippen molar-refractivity contribution in [1.82, 2.24) is 15.0 Å². The summed E-state index contributed by atoms with van der Waals surface area (Å²) in [5.41, 5.74) is 0. The van der Waals surface area contributed by atoms with Gasteiger partial charge in [0.1, 0.15) is 6.10 Å². The number of hydrogen-bond donors (Lipinski definition) is 1. The van der Waals surface area contributed by atoms with E-state index in [0.29, 0.717) is 25.7 Å². The highest BCUT2D eigenvalue weighted by Crippen LogP contribution is 2.15. The summed E-state index contributed by atoms with van der Waals surface area (Å²) in [5, 5.41) is 3.08. The smallest absolute Gasteiger partial charge is 0.322 e. The monoisotopic (exact) mass is 244 g/mol. The maximum Gasteiger partial charge on any atom is 0.322 e. The van der Waals surface area contributed by atoms with Crippen LogP contribution in [0.1, 0.15) is 13.3 Å². The average Bonchev–Trinajstić information content (AvgIpc) is 2.70. The number of hydrogen-bond acceptors (Lipinski definition) is 6. The van der Waals surface area contributed by atoms with Crippen molar-refractivity contribution >= 4 is 17.5 Å². The maximum atomic E-state index is 5.76. The minimum absolute atomic E-state index is 0.00735. The van der Waals surface area contributed by atoms with Gasteiger partial charge in [-0.1, -0.05) is 0 Å². The molecule has 2 heterocycles. The zero-order chi connectivity index (χ0) is 11.4. The Hall–Kier alpha value is -1.14. The second-order valence-corrected chi connectivity index (χ2v) is 3.68. The second kappa shape index (κ2) is 5.27. The second-order valence-electron chi connectivity index (χ2n) is 3.34. The van der Waals surface area contributed by atoms with Crippen molar-refractivity contribution in [2.24, 2.45) is 0 Å². The molecule has 7 heteroatoms. The van der Waals surface area contributed by atoms with Gasteiger partial charge >= 0.3 is 6.01 Å². The molecular weight excluding hydrogens is 232 g/mol. The third-order valence-electron chi connectivity index (χ3n) is 2.08. The molecule has 16 heavy (non-hydrogen) atoms. The first-order chi connectivity index (χ1) is 7.78. The lowest BCUT2D eigenvalue weighted by Crippen LogP contribution is -2.18. The molecule has 6 nitrogen and oxygen atoms in total. The molecule has 0 radical (unpaired) electrons. The van der Waals surface area contributed by atoms with Crippen molar-refractivity contribution < 1.29 is 9.47 Å².